The van der Waals surface area contributed by atoms with Gasteiger partial charge in [-0.15, -0.1) is 11.8 Å². The van der Waals surface area contributed by atoms with Crippen molar-refractivity contribution in [3.63, 3.8) is 0 Å². The van der Waals surface area contributed by atoms with E-state index in [-0.39, 0.29) is 23.3 Å². The summed E-state index contributed by atoms with van der Waals surface area (Å²) < 4.78 is 0. The summed E-state index contributed by atoms with van der Waals surface area (Å²) in [5, 5.41) is 11.0. The van der Waals surface area contributed by atoms with Crippen molar-refractivity contribution in [1.82, 2.24) is 10.2 Å². The fourth-order valence-corrected chi connectivity index (χ4v) is 1.97. The van der Waals surface area contributed by atoms with Crippen LogP contribution in [0.15, 0.2) is 0 Å². The zero-order chi connectivity index (χ0) is 12.1. The molecule has 0 bridgehead atoms. The number of thioether (sulfide) groups is 1. The maximum Gasteiger partial charge on any atom is 0.313 e. The van der Waals surface area contributed by atoms with Crippen molar-refractivity contribution in [1.29, 1.82) is 0 Å². The lowest BCUT2D eigenvalue weighted by Gasteiger charge is -2.11. The van der Waals surface area contributed by atoms with E-state index >= 15 is 0 Å². The third kappa shape index (κ3) is 3.73. The Kier molecular flexibility index (Phi) is 4.60. The van der Waals surface area contributed by atoms with Gasteiger partial charge in [-0.05, 0) is 6.42 Å². The molecule has 1 unspecified atom stereocenters. The Labute approximate surface area is 97.4 Å². The number of likely N-dealkylation sites (tertiary alicyclic amines) is 1. The number of likely N-dealkylation sites (N-methyl/N-ethyl adjacent to an activating group) is 1. The largest absolute Gasteiger partial charge is 0.481 e. The molecule has 0 aromatic carbocycles. The van der Waals surface area contributed by atoms with Gasteiger partial charge in [0.05, 0.1) is 11.5 Å². The van der Waals surface area contributed by atoms with E-state index in [0.717, 1.165) is 11.8 Å². The smallest absolute Gasteiger partial charge is 0.313 e. The molecule has 0 saturated carbocycles. The summed E-state index contributed by atoms with van der Waals surface area (Å²) in [4.78, 5) is 34.5. The lowest BCUT2D eigenvalue weighted by Crippen LogP contribution is -2.41. The second kappa shape index (κ2) is 5.74. The van der Waals surface area contributed by atoms with Crippen LogP contribution in [0, 0.1) is 0 Å². The highest BCUT2D eigenvalue weighted by molar-refractivity contribution is 8.00. The molecule has 0 radical (unpaired) electrons. The molecular formula is C9H14N2O4S. The Hall–Kier alpha value is -1.24. The molecular weight excluding hydrogens is 232 g/mol. The maximum absolute atomic E-state index is 11.4. The van der Waals surface area contributed by atoms with Crippen molar-refractivity contribution in [2.45, 2.75) is 12.5 Å². The van der Waals surface area contributed by atoms with Gasteiger partial charge >= 0.3 is 5.97 Å². The first-order valence-electron chi connectivity index (χ1n) is 4.84. The molecule has 0 aromatic rings. The number of aliphatic carboxylic acids is 1. The van der Waals surface area contributed by atoms with E-state index in [2.05, 4.69) is 5.32 Å². The first kappa shape index (κ1) is 12.8. The quantitative estimate of drug-likeness (QED) is 0.660. The number of carbonyl (C=O) groups is 3. The van der Waals surface area contributed by atoms with E-state index in [1.807, 2.05) is 0 Å². The highest BCUT2D eigenvalue weighted by Crippen LogP contribution is 2.08. The molecule has 6 nitrogen and oxygen atoms in total. The van der Waals surface area contributed by atoms with Crippen LogP contribution in [0.1, 0.15) is 6.42 Å². The van der Waals surface area contributed by atoms with Crippen molar-refractivity contribution >= 4 is 29.5 Å². The van der Waals surface area contributed by atoms with Crippen molar-refractivity contribution < 1.29 is 19.5 Å². The fourth-order valence-electron chi connectivity index (χ4n) is 1.42. The third-order valence-corrected chi connectivity index (χ3v) is 3.14. The Morgan fingerprint density at radius 1 is 1.56 bits per heavy atom. The number of hydrogen-bond donors (Lipinski definition) is 2. The Morgan fingerprint density at radius 3 is 2.75 bits per heavy atom. The number of nitrogens with one attached hydrogen (secondary N) is 1. The Balaban J connectivity index is 2.24. The molecule has 1 atom stereocenters. The molecule has 0 aliphatic carbocycles. The Bertz CT molecular complexity index is 308. The topological polar surface area (TPSA) is 86.7 Å². The number of carbonyl (C=O) groups excluding carboxylic acids is 2. The van der Waals surface area contributed by atoms with Gasteiger partial charge in [0.1, 0.15) is 6.04 Å². The van der Waals surface area contributed by atoms with E-state index in [9.17, 15) is 14.4 Å². The molecule has 1 saturated heterocycles. The molecule has 1 aliphatic heterocycles. The van der Waals surface area contributed by atoms with Gasteiger partial charge in [-0.1, -0.05) is 0 Å². The van der Waals surface area contributed by atoms with Crippen molar-refractivity contribution in [2.24, 2.45) is 0 Å². The van der Waals surface area contributed by atoms with Crippen LogP contribution in [0.25, 0.3) is 0 Å². The first-order chi connectivity index (χ1) is 7.50. The monoisotopic (exact) mass is 246 g/mol. The SMILES string of the molecule is CN1CCC(NC(=O)CSCC(=O)O)C1=O. The second-order valence-corrected chi connectivity index (χ2v) is 4.54. The van der Waals surface area contributed by atoms with Crippen LogP contribution in [0.2, 0.25) is 0 Å². The van der Waals surface area contributed by atoms with Crippen LogP contribution in [0.5, 0.6) is 0 Å². The van der Waals surface area contributed by atoms with Crippen LogP contribution in [0.3, 0.4) is 0 Å². The van der Waals surface area contributed by atoms with Crippen molar-refractivity contribution in [3.8, 4) is 0 Å². The van der Waals surface area contributed by atoms with Gasteiger partial charge in [-0.3, -0.25) is 14.4 Å². The number of carboxylic acid groups (broad SMARTS) is 1. The van der Waals surface area contributed by atoms with Gasteiger partial charge in [-0.2, -0.15) is 0 Å². The molecule has 16 heavy (non-hydrogen) atoms. The van der Waals surface area contributed by atoms with E-state index in [4.69, 9.17) is 5.11 Å². The Morgan fingerprint density at radius 2 is 2.25 bits per heavy atom. The van der Waals surface area contributed by atoms with Gasteiger partial charge < -0.3 is 15.3 Å². The highest BCUT2D eigenvalue weighted by atomic mass is 32.2. The van der Waals surface area contributed by atoms with Crippen molar-refractivity contribution in [3.05, 3.63) is 0 Å². The van der Waals surface area contributed by atoms with Gasteiger partial charge in [0.2, 0.25) is 11.8 Å². The molecule has 1 fully saturated rings. The minimum Gasteiger partial charge on any atom is -0.481 e. The molecule has 1 rings (SSSR count). The summed E-state index contributed by atoms with van der Waals surface area (Å²) in [6.07, 6.45) is 0.616. The summed E-state index contributed by atoms with van der Waals surface area (Å²) in [5.41, 5.74) is 0. The molecule has 0 spiro atoms. The van der Waals surface area contributed by atoms with Crippen LogP contribution in [-0.2, 0) is 14.4 Å². The van der Waals surface area contributed by atoms with Crippen LogP contribution in [-0.4, -0.2) is 58.9 Å². The average molecular weight is 246 g/mol. The predicted octanol–water partition coefficient (Wildman–Crippen LogP) is -0.849. The number of nitrogens with zero attached hydrogens (tertiary/aromatic N) is 1. The lowest BCUT2D eigenvalue weighted by molar-refractivity contribution is -0.134. The fraction of sp³-hybridized carbons (Fsp3) is 0.667. The minimum absolute atomic E-state index is 0.0692. The van der Waals surface area contributed by atoms with Gasteiger partial charge in [0.25, 0.3) is 0 Å². The molecule has 2 N–H and O–H groups in total. The standard InChI is InChI=1S/C9H14N2O4S/c1-11-3-2-6(9(11)15)10-7(12)4-16-5-8(13)14/h6H,2-5H2,1H3,(H,10,12)(H,13,14). The maximum atomic E-state index is 11.4. The number of rotatable bonds is 5. The zero-order valence-electron chi connectivity index (χ0n) is 8.93. The highest BCUT2D eigenvalue weighted by Gasteiger charge is 2.29. The summed E-state index contributed by atoms with van der Waals surface area (Å²) in [6, 6.07) is -0.442. The zero-order valence-corrected chi connectivity index (χ0v) is 9.75. The third-order valence-electron chi connectivity index (χ3n) is 2.22. The summed E-state index contributed by atoms with van der Waals surface area (Å²) in [6.45, 7) is 0.645. The van der Waals surface area contributed by atoms with Gasteiger partial charge in [0.15, 0.2) is 0 Å². The normalized spacial score (nSPS) is 19.9. The van der Waals surface area contributed by atoms with E-state index < -0.39 is 12.0 Å². The molecule has 90 valence electrons. The van der Waals surface area contributed by atoms with E-state index in [1.54, 1.807) is 11.9 Å². The van der Waals surface area contributed by atoms with Gasteiger partial charge in [-0.25, -0.2) is 0 Å². The van der Waals surface area contributed by atoms with E-state index in [0.29, 0.717) is 13.0 Å². The van der Waals surface area contributed by atoms with Crippen LogP contribution < -0.4 is 5.32 Å². The number of hydrogen-bond acceptors (Lipinski definition) is 4. The van der Waals surface area contributed by atoms with Crippen LogP contribution in [0.4, 0.5) is 0 Å². The summed E-state index contributed by atoms with van der Waals surface area (Å²) >= 11 is 1.02. The average Bonchev–Trinajstić information content (AvgIpc) is 2.49. The van der Waals surface area contributed by atoms with Gasteiger partial charge in [0, 0.05) is 13.6 Å². The lowest BCUT2D eigenvalue weighted by atomic mass is 10.2. The molecule has 2 amide bonds. The van der Waals surface area contributed by atoms with E-state index in [1.165, 1.54) is 0 Å². The summed E-state index contributed by atoms with van der Waals surface area (Å²) in [7, 11) is 1.69. The van der Waals surface area contributed by atoms with Crippen molar-refractivity contribution in [2.75, 3.05) is 25.1 Å². The number of amides is 2. The molecule has 7 heteroatoms. The molecule has 1 aliphatic rings. The second-order valence-electron chi connectivity index (χ2n) is 3.56. The molecule has 1 heterocycles. The first-order valence-corrected chi connectivity index (χ1v) is 6.00. The minimum atomic E-state index is -0.950. The molecule has 0 aromatic heterocycles. The number of carboxylic acids is 1. The predicted molar refractivity (Wildman–Crippen MR) is 59.1 cm³/mol. The summed E-state index contributed by atoms with van der Waals surface area (Å²) in [5.74, 6) is -1.36. The van der Waals surface area contributed by atoms with Crippen LogP contribution >= 0.6 is 11.8 Å².